The number of hydrogen-bond donors (Lipinski definition) is 3. The molecule has 0 spiro atoms. The van der Waals surface area contributed by atoms with Crippen molar-refractivity contribution in [2.24, 2.45) is 11.3 Å². The van der Waals surface area contributed by atoms with E-state index in [4.69, 9.17) is 9.72 Å². The third-order valence-corrected chi connectivity index (χ3v) is 7.43. The van der Waals surface area contributed by atoms with Crippen LogP contribution in [-0.4, -0.2) is 58.4 Å². The predicted octanol–water partition coefficient (Wildman–Crippen LogP) is 3.03. The van der Waals surface area contributed by atoms with Gasteiger partial charge in [-0.3, -0.25) is 24.2 Å². The SMILES string of the molecule is CC(C)C1NC(=O)C(C)(C)/C=C/c2ccc3ccc(nc3c2)[C@@H](C)OC(=O)[C@@H]2CCCN(N2)C(=O)[C@H](C)NC1=O. The number of benzene rings is 1. The molecule has 10 heteroatoms. The number of esters is 1. The molecule has 1 fully saturated rings. The van der Waals surface area contributed by atoms with E-state index in [2.05, 4.69) is 16.1 Å². The number of aromatic nitrogens is 1. The van der Waals surface area contributed by atoms with Gasteiger partial charge < -0.3 is 15.4 Å². The Bertz CT molecular complexity index is 1340. The number of pyridine rings is 1. The number of hydrogen-bond acceptors (Lipinski definition) is 7. The second kappa shape index (κ2) is 11.8. The van der Waals surface area contributed by atoms with Crippen molar-refractivity contribution in [3.8, 4) is 0 Å². The van der Waals surface area contributed by atoms with Crippen molar-refractivity contribution in [2.45, 2.75) is 78.6 Å². The molecule has 3 heterocycles. The highest BCUT2D eigenvalue weighted by Gasteiger charge is 2.35. The number of carbonyl (C=O) groups excluding carboxylic acids is 4. The van der Waals surface area contributed by atoms with Gasteiger partial charge in [0.1, 0.15) is 24.2 Å². The van der Waals surface area contributed by atoms with Crippen LogP contribution in [-0.2, 0) is 23.9 Å². The quantitative estimate of drug-likeness (QED) is 0.466. The van der Waals surface area contributed by atoms with Gasteiger partial charge in [0.2, 0.25) is 11.8 Å². The zero-order chi connectivity index (χ0) is 29.2. The fourth-order valence-corrected chi connectivity index (χ4v) is 4.75. The molecule has 2 aliphatic heterocycles. The maximum absolute atomic E-state index is 13.3. The van der Waals surface area contributed by atoms with Crippen molar-refractivity contribution in [2.75, 3.05) is 6.54 Å². The Balaban J connectivity index is 1.70. The first-order chi connectivity index (χ1) is 18.9. The van der Waals surface area contributed by atoms with Crippen LogP contribution in [0.5, 0.6) is 0 Å². The maximum atomic E-state index is 13.3. The fourth-order valence-electron chi connectivity index (χ4n) is 4.75. The summed E-state index contributed by atoms with van der Waals surface area (Å²) in [6.45, 7) is 11.0. The summed E-state index contributed by atoms with van der Waals surface area (Å²) in [4.78, 5) is 57.5. The van der Waals surface area contributed by atoms with Crippen molar-refractivity contribution < 1.29 is 23.9 Å². The lowest BCUT2D eigenvalue weighted by molar-refractivity contribution is -0.157. The first-order valence-electron chi connectivity index (χ1n) is 13.8. The number of rotatable bonds is 1. The highest BCUT2D eigenvalue weighted by molar-refractivity contribution is 5.94. The van der Waals surface area contributed by atoms with Gasteiger partial charge in [0.15, 0.2) is 0 Å². The van der Waals surface area contributed by atoms with Crippen LogP contribution < -0.4 is 16.1 Å². The lowest BCUT2D eigenvalue weighted by atomic mass is 9.89. The van der Waals surface area contributed by atoms with E-state index >= 15 is 0 Å². The molecule has 1 unspecified atom stereocenters. The van der Waals surface area contributed by atoms with E-state index in [9.17, 15) is 19.2 Å². The van der Waals surface area contributed by atoms with E-state index in [-0.39, 0.29) is 17.7 Å². The van der Waals surface area contributed by atoms with Crippen LogP contribution >= 0.6 is 0 Å². The number of ether oxygens (including phenoxy) is 1. The first kappa shape index (κ1) is 29.2. The van der Waals surface area contributed by atoms with Crippen molar-refractivity contribution in [1.29, 1.82) is 0 Å². The summed E-state index contributed by atoms with van der Waals surface area (Å²) in [6, 6.07) is 7.14. The predicted molar refractivity (Wildman–Crippen MR) is 151 cm³/mol. The van der Waals surface area contributed by atoms with Gasteiger partial charge in [-0.2, -0.15) is 0 Å². The fraction of sp³-hybridized carbons (Fsp3) is 0.500. The van der Waals surface area contributed by atoms with Crippen LogP contribution in [0.3, 0.4) is 0 Å². The van der Waals surface area contributed by atoms with E-state index < -0.39 is 41.5 Å². The third kappa shape index (κ3) is 6.50. The van der Waals surface area contributed by atoms with Gasteiger partial charge >= 0.3 is 5.97 Å². The molecule has 1 aromatic heterocycles. The number of cyclic esters (lactones) is 1. The molecule has 2 aliphatic rings. The topological polar surface area (TPSA) is 130 Å². The Hall–Kier alpha value is -3.79. The average molecular weight is 550 g/mol. The molecular formula is C30H39N5O5. The highest BCUT2D eigenvalue weighted by Crippen LogP contribution is 2.24. The molecule has 2 aromatic rings. The van der Waals surface area contributed by atoms with Crippen molar-refractivity contribution >= 4 is 40.7 Å². The molecule has 214 valence electrons. The van der Waals surface area contributed by atoms with E-state index in [0.717, 1.165) is 16.5 Å². The van der Waals surface area contributed by atoms with E-state index in [1.54, 1.807) is 33.8 Å². The minimum atomic E-state index is -0.923. The number of amides is 3. The largest absolute Gasteiger partial charge is 0.455 e. The molecule has 5 bridgehead atoms. The summed E-state index contributed by atoms with van der Waals surface area (Å²) in [5, 5.41) is 7.90. The molecule has 3 N–H and O–H groups in total. The van der Waals surface area contributed by atoms with Gasteiger partial charge in [-0.25, -0.2) is 10.4 Å². The third-order valence-electron chi connectivity index (χ3n) is 7.43. The molecule has 3 amide bonds. The number of carbonyl (C=O) groups is 4. The van der Waals surface area contributed by atoms with Gasteiger partial charge in [-0.05, 0) is 64.2 Å². The van der Waals surface area contributed by atoms with E-state index in [1.165, 1.54) is 5.01 Å². The molecular weight excluding hydrogens is 510 g/mol. The molecule has 1 saturated heterocycles. The Kier molecular flexibility index (Phi) is 8.58. The zero-order valence-corrected chi connectivity index (χ0v) is 24.0. The monoisotopic (exact) mass is 549 g/mol. The molecule has 0 radical (unpaired) electrons. The van der Waals surface area contributed by atoms with Gasteiger partial charge in [-0.1, -0.05) is 44.2 Å². The number of nitrogens with zero attached hydrogens (tertiary/aromatic N) is 2. The number of nitrogens with one attached hydrogen (secondary N) is 3. The standard InChI is InChI=1S/C30H39N5O5/c1-17(2)25-26(36)31-18(3)27(37)35-15-7-8-23(34-35)28(38)40-19(4)22-12-11-21-10-9-20(16-24(21)32-22)13-14-30(5,6)29(39)33-25/h9-14,16-19,23,25,34H,7-8,15H2,1-6H3,(H,31,36)(H,33,39)/b14-13+/t18-,19+,23-,25?/m0/s1. The van der Waals surface area contributed by atoms with E-state index in [0.29, 0.717) is 25.1 Å². The first-order valence-corrected chi connectivity index (χ1v) is 13.8. The molecule has 1 aromatic carbocycles. The van der Waals surface area contributed by atoms with Crippen LogP contribution in [0.2, 0.25) is 0 Å². The van der Waals surface area contributed by atoms with Crippen LogP contribution in [0.25, 0.3) is 17.0 Å². The zero-order valence-electron chi connectivity index (χ0n) is 24.0. The summed E-state index contributed by atoms with van der Waals surface area (Å²) < 4.78 is 5.75. The summed E-state index contributed by atoms with van der Waals surface area (Å²) in [5.41, 5.74) is 4.24. The minimum absolute atomic E-state index is 0.220. The van der Waals surface area contributed by atoms with Gasteiger partial charge in [0.25, 0.3) is 5.91 Å². The summed E-state index contributed by atoms with van der Waals surface area (Å²) in [6.07, 6.45) is 4.14. The Morgan fingerprint density at radius 1 is 1.05 bits per heavy atom. The van der Waals surface area contributed by atoms with Gasteiger partial charge in [0.05, 0.1) is 16.6 Å². The van der Waals surface area contributed by atoms with Gasteiger partial charge in [0, 0.05) is 11.9 Å². The molecule has 4 rings (SSSR count). The summed E-state index contributed by atoms with van der Waals surface area (Å²) in [7, 11) is 0. The summed E-state index contributed by atoms with van der Waals surface area (Å²) in [5.74, 6) is -1.84. The van der Waals surface area contributed by atoms with Crippen LogP contribution in [0, 0.1) is 11.3 Å². The molecule has 10 nitrogen and oxygen atoms in total. The van der Waals surface area contributed by atoms with Crippen LogP contribution in [0.15, 0.2) is 36.4 Å². The molecule has 0 saturated carbocycles. The lowest BCUT2D eigenvalue weighted by Gasteiger charge is -2.35. The van der Waals surface area contributed by atoms with Crippen LogP contribution in [0.1, 0.15) is 71.7 Å². The van der Waals surface area contributed by atoms with Crippen LogP contribution in [0.4, 0.5) is 0 Å². The Morgan fingerprint density at radius 3 is 2.50 bits per heavy atom. The number of fused-ring (bicyclic) bond motifs is 4. The van der Waals surface area contributed by atoms with Crippen molar-refractivity contribution in [3.05, 3.63) is 47.7 Å². The molecule has 4 atom stereocenters. The van der Waals surface area contributed by atoms with Crippen molar-refractivity contribution in [3.63, 3.8) is 0 Å². The normalized spacial score (nSPS) is 27.2. The highest BCUT2D eigenvalue weighted by atomic mass is 16.5. The lowest BCUT2D eigenvalue weighted by Crippen LogP contribution is -2.61. The molecule has 40 heavy (non-hydrogen) atoms. The van der Waals surface area contributed by atoms with Crippen molar-refractivity contribution in [1.82, 2.24) is 26.1 Å². The second-order valence-electron chi connectivity index (χ2n) is 11.6. The smallest absolute Gasteiger partial charge is 0.325 e. The minimum Gasteiger partial charge on any atom is -0.455 e. The summed E-state index contributed by atoms with van der Waals surface area (Å²) >= 11 is 0. The second-order valence-corrected chi connectivity index (χ2v) is 11.6. The average Bonchev–Trinajstić information content (AvgIpc) is 2.92. The number of hydrazine groups is 1. The Morgan fingerprint density at radius 2 is 1.77 bits per heavy atom. The molecule has 0 aliphatic carbocycles. The maximum Gasteiger partial charge on any atom is 0.325 e. The van der Waals surface area contributed by atoms with Gasteiger partial charge in [-0.15, -0.1) is 0 Å². The van der Waals surface area contributed by atoms with E-state index in [1.807, 2.05) is 50.3 Å². The Labute approximate surface area is 234 Å².